The normalized spacial score (nSPS) is 11.1. The monoisotopic (exact) mass is 324 g/mol. The van der Waals surface area contributed by atoms with E-state index in [1.807, 2.05) is 0 Å². The van der Waals surface area contributed by atoms with Gasteiger partial charge < -0.3 is 9.47 Å². The van der Waals surface area contributed by atoms with E-state index in [-0.39, 0.29) is 29.8 Å². The lowest BCUT2D eigenvalue weighted by molar-refractivity contribution is -0.274. The lowest BCUT2D eigenvalue weighted by Crippen LogP contribution is -2.17. The standard InChI is InChI=1S/C13H12ClF3O4/c1-20-12(19)4-2-3-11(18)9-7-8(5-6-10(9)14)21-13(15,16)17/h5-7H,2-4H2,1H3. The molecule has 0 bridgehead atoms. The molecule has 0 fully saturated rings. The van der Waals surface area contributed by atoms with E-state index in [0.29, 0.717) is 0 Å². The van der Waals surface area contributed by atoms with Crippen LogP contribution in [0.1, 0.15) is 29.6 Å². The van der Waals surface area contributed by atoms with Gasteiger partial charge in [-0.3, -0.25) is 9.59 Å². The molecule has 116 valence electrons. The second kappa shape index (κ2) is 7.31. The molecule has 0 N–H and O–H groups in total. The smallest absolute Gasteiger partial charge is 0.469 e. The third kappa shape index (κ3) is 6.03. The molecule has 1 aromatic rings. The largest absolute Gasteiger partial charge is 0.573 e. The van der Waals surface area contributed by atoms with Crippen molar-refractivity contribution in [2.45, 2.75) is 25.6 Å². The van der Waals surface area contributed by atoms with Gasteiger partial charge in [-0.2, -0.15) is 0 Å². The molecule has 1 rings (SSSR count). The predicted molar refractivity (Wildman–Crippen MR) is 68.3 cm³/mol. The molecule has 8 heteroatoms. The highest BCUT2D eigenvalue weighted by Crippen LogP contribution is 2.28. The van der Waals surface area contributed by atoms with Gasteiger partial charge in [0.25, 0.3) is 0 Å². The molecule has 0 heterocycles. The molecular weight excluding hydrogens is 313 g/mol. The molecule has 0 aliphatic carbocycles. The lowest BCUT2D eigenvalue weighted by Gasteiger charge is -2.10. The highest BCUT2D eigenvalue weighted by Gasteiger charge is 2.31. The molecule has 1 aromatic carbocycles. The van der Waals surface area contributed by atoms with E-state index in [4.69, 9.17) is 11.6 Å². The van der Waals surface area contributed by atoms with Crippen molar-refractivity contribution in [3.05, 3.63) is 28.8 Å². The molecule has 0 radical (unpaired) electrons. The Morgan fingerprint density at radius 1 is 1.24 bits per heavy atom. The van der Waals surface area contributed by atoms with Crippen LogP contribution >= 0.6 is 11.6 Å². The van der Waals surface area contributed by atoms with Crippen LogP contribution in [-0.2, 0) is 9.53 Å². The van der Waals surface area contributed by atoms with Gasteiger partial charge in [-0.25, -0.2) is 0 Å². The quantitative estimate of drug-likeness (QED) is 0.590. The molecular formula is C13H12ClF3O4. The number of esters is 1. The van der Waals surface area contributed by atoms with E-state index in [9.17, 15) is 22.8 Å². The van der Waals surface area contributed by atoms with Gasteiger partial charge in [0.2, 0.25) is 0 Å². The molecule has 0 saturated heterocycles. The molecule has 4 nitrogen and oxygen atoms in total. The van der Waals surface area contributed by atoms with E-state index in [1.165, 1.54) is 7.11 Å². The first-order chi connectivity index (χ1) is 9.73. The second-order valence-corrected chi connectivity index (χ2v) is 4.45. The third-order valence-electron chi connectivity index (χ3n) is 2.48. The summed E-state index contributed by atoms with van der Waals surface area (Å²) in [5.74, 6) is -1.47. The number of ether oxygens (including phenoxy) is 2. The molecule has 0 unspecified atom stereocenters. The number of hydrogen-bond acceptors (Lipinski definition) is 4. The van der Waals surface area contributed by atoms with E-state index in [1.54, 1.807) is 0 Å². The minimum Gasteiger partial charge on any atom is -0.469 e. The zero-order chi connectivity index (χ0) is 16.0. The molecule has 0 aliphatic heterocycles. The summed E-state index contributed by atoms with van der Waals surface area (Å²) in [5, 5.41) is 0.0209. The van der Waals surface area contributed by atoms with Gasteiger partial charge in [-0.05, 0) is 24.6 Å². The molecule has 0 amide bonds. The summed E-state index contributed by atoms with van der Waals surface area (Å²) in [4.78, 5) is 22.8. The average molecular weight is 325 g/mol. The van der Waals surface area contributed by atoms with Gasteiger partial charge in [-0.1, -0.05) is 11.6 Å². The number of Topliss-reactive ketones (excluding diaryl/α,β-unsaturated/α-hetero) is 1. The lowest BCUT2D eigenvalue weighted by atomic mass is 10.1. The van der Waals surface area contributed by atoms with Crippen LogP contribution in [0.4, 0.5) is 13.2 Å². The SMILES string of the molecule is COC(=O)CCCC(=O)c1cc(OC(F)(F)F)ccc1Cl. The molecule has 0 aromatic heterocycles. The Bertz CT molecular complexity index is 529. The number of carbonyl (C=O) groups is 2. The minimum absolute atomic E-state index is 0.0209. The number of carbonyl (C=O) groups excluding carboxylic acids is 2. The van der Waals surface area contributed by atoms with Crippen LogP contribution in [0.25, 0.3) is 0 Å². The van der Waals surface area contributed by atoms with Crippen molar-refractivity contribution in [1.82, 2.24) is 0 Å². The van der Waals surface area contributed by atoms with E-state index in [2.05, 4.69) is 9.47 Å². The summed E-state index contributed by atoms with van der Waals surface area (Å²) in [6.07, 6.45) is -4.63. The third-order valence-corrected chi connectivity index (χ3v) is 2.81. The summed E-state index contributed by atoms with van der Waals surface area (Å²) in [6, 6.07) is 3.09. The number of halogens is 4. The first-order valence-corrected chi connectivity index (χ1v) is 6.26. The van der Waals surface area contributed by atoms with E-state index in [0.717, 1.165) is 18.2 Å². The molecule has 21 heavy (non-hydrogen) atoms. The van der Waals surface area contributed by atoms with Crippen molar-refractivity contribution in [1.29, 1.82) is 0 Å². The maximum Gasteiger partial charge on any atom is 0.573 e. The summed E-state index contributed by atoms with van der Waals surface area (Å²) in [6.45, 7) is 0. The molecule has 0 atom stereocenters. The highest BCUT2D eigenvalue weighted by atomic mass is 35.5. The molecule has 0 aliphatic rings. The zero-order valence-electron chi connectivity index (χ0n) is 11.0. The Morgan fingerprint density at radius 2 is 1.90 bits per heavy atom. The maximum atomic E-state index is 12.1. The van der Waals surface area contributed by atoms with Crippen LogP contribution in [0.2, 0.25) is 5.02 Å². The minimum atomic E-state index is -4.85. The van der Waals surface area contributed by atoms with Crippen LogP contribution < -0.4 is 4.74 Å². The fourth-order valence-corrected chi connectivity index (χ4v) is 1.77. The fraction of sp³-hybridized carbons (Fsp3) is 0.385. The van der Waals surface area contributed by atoms with E-state index < -0.39 is 23.9 Å². The van der Waals surface area contributed by atoms with Gasteiger partial charge in [-0.15, -0.1) is 13.2 Å². The topological polar surface area (TPSA) is 52.6 Å². The number of ketones is 1. The highest BCUT2D eigenvalue weighted by molar-refractivity contribution is 6.34. The Morgan fingerprint density at radius 3 is 2.48 bits per heavy atom. The number of alkyl halides is 3. The van der Waals surface area contributed by atoms with Crippen LogP contribution in [0, 0.1) is 0 Å². The van der Waals surface area contributed by atoms with Gasteiger partial charge in [0.15, 0.2) is 5.78 Å². The van der Waals surface area contributed by atoms with Crippen molar-refractivity contribution in [3.63, 3.8) is 0 Å². The van der Waals surface area contributed by atoms with Crippen LogP contribution in [0.15, 0.2) is 18.2 Å². The van der Waals surface area contributed by atoms with Crippen molar-refractivity contribution in [2.24, 2.45) is 0 Å². The summed E-state index contributed by atoms with van der Waals surface area (Å²) in [7, 11) is 1.22. The predicted octanol–water partition coefficient (Wildman–Crippen LogP) is 3.76. The Hall–Kier alpha value is -1.76. The Balaban J connectivity index is 2.74. The number of hydrogen-bond donors (Lipinski definition) is 0. The van der Waals surface area contributed by atoms with Crippen LogP contribution in [0.3, 0.4) is 0 Å². The Labute approximate surface area is 123 Å². The second-order valence-electron chi connectivity index (χ2n) is 4.04. The van der Waals surface area contributed by atoms with Gasteiger partial charge in [0.1, 0.15) is 5.75 Å². The Kier molecular flexibility index (Phi) is 6.02. The van der Waals surface area contributed by atoms with Crippen molar-refractivity contribution in [2.75, 3.05) is 7.11 Å². The number of benzene rings is 1. The van der Waals surface area contributed by atoms with Crippen LogP contribution in [0.5, 0.6) is 5.75 Å². The molecule has 0 spiro atoms. The maximum absolute atomic E-state index is 12.1. The van der Waals surface area contributed by atoms with Gasteiger partial charge >= 0.3 is 12.3 Å². The number of methoxy groups -OCH3 is 1. The first kappa shape index (κ1) is 17.3. The van der Waals surface area contributed by atoms with Crippen LogP contribution in [-0.4, -0.2) is 25.2 Å². The van der Waals surface area contributed by atoms with Gasteiger partial charge in [0.05, 0.1) is 12.1 Å². The summed E-state index contributed by atoms with van der Waals surface area (Å²) < 4.78 is 44.5. The molecule has 0 saturated carbocycles. The van der Waals surface area contributed by atoms with Gasteiger partial charge in [0, 0.05) is 18.4 Å². The zero-order valence-corrected chi connectivity index (χ0v) is 11.8. The number of rotatable bonds is 6. The first-order valence-electron chi connectivity index (χ1n) is 5.88. The van der Waals surface area contributed by atoms with Crippen molar-refractivity contribution < 1.29 is 32.2 Å². The van der Waals surface area contributed by atoms with E-state index >= 15 is 0 Å². The van der Waals surface area contributed by atoms with Crippen molar-refractivity contribution >= 4 is 23.4 Å². The van der Waals surface area contributed by atoms with Crippen molar-refractivity contribution in [3.8, 4) is 5.75 Å². The fourth-order valence-electron chi connectivity index (χ4n) is 1.55. The summed E-state index contributed by atoms with van der Waals surface area (Å²) >= 11 is 5.78. The average Bonchev–Trinajstić information content (AvgIpc) is 2.39. The summed E-state index contributed by atoms with van der Waals surface area (Å²) in [5.41, 5.74) is -0.0803.